The van der Waals surface area contributed by atoms with E-state index >= 15 is 0 Å². The number of aliphatic carboxylic acids is 1. The first-order valence-corrected chi connectivity index (χ1v) is 6.66. The van der Waals surface area contributed by atoms with Crippen molar-refractivity contribution < 1.29 is 19.6 Å². The van der Waals surface area contributed by atoms with E-state index in [1.54, 1.807) is 0 Å². The molecule has 0 spiro atoms. The summed E-state index contributed by atoms with van der Waals surface area (Å²) in [4.78, 5) is 33.4. The smallest absolute Gasteiger partial charge is 0.305 e. The number of nitro benzene ring substituents is 1. The molecule has 0 heterocycles. The van der Waals surface area contributed by atoms with Gasteiger partial charge in [0.05, 0.1) is 11.3 Å². The number of carboxylic acids is 1. The van der Waals surface area contributed by atoms with Gasteiger partial charge in [0, 0.05) is 23.2 Å². The van der Waals surface area contributed by atoms with Crippen molar-refractivity contribution in [1.29, 1.82) is 0 Å². The minimum Gasteiger partial charge on any atom is -0.481 e. The first-order valence-electron chi connectivity index (χ1n) is 6.66. The number of carbonyl (C=O) groups is 2. The van der Waals surface area contributed by atoms with Crippen molar-refractivity contribution in [3.05, 3.63) is 39.4 Å². The van der Waals surface area contributed by atoms with Crippen LogP contribution in [0.15, 0.2) is 18.2 Å². The maximum atomic E-state index is 12.2. The van der Waals surface area contributed by atoms with Gasteiger partial charge in [-0.25, -0.2) is 0 Å². The van der Waals surface area contributed by atoms with Crippen LogP contribution in [0.5, 0.6) is 0 Å². The average Bonchev–Trinajstić information content (AvgIpc) is 3.21. The van der Waals surface area contributed by atoms with Gasteiger partial charge in [0.1, 0.15) is 0 Å². The molecule has 7 heteroatoms. The third-order valence-electron chi connectivity index (χ3n) is 3.65. The Kier molecular flexibility index (Phi) is 4.21. The molecule has 1 aromatic carbocycles. The summed E-state index contributed by atoms with van der Waals surface area (Å²) in [5, 5.41) is 22.4. The molecule has 1 fully saturated rings. The summed E-state index contributed by atoms with van der Waals surface area (Å²) in [6.07, 6.45) is 1.66. The Bertz CT molecular complexity index is 595. The molecule has 112 valence electrons. The number of carboxylic acid groups (broad SMARTS) is 1. The van der Waals surface area contributed by atoms with E-state index < -0.39 is 22.8 Å². The van der Waals surface area contributed by atoms with Crippen molar-refractivity contribution in [2.45, 2.75) is 32.2 Å². The fourth-order valence-corrected chi connectivity index (χ4v) is 2.34. The fourth-order valence-electron chi connectivity index (χ4n) is 2.34. The van der Waals surface area contributed by atoms with E-state index in [-0.39, 0.29) is 29.2 Å². The van der Waals surface area contributed by atoms with Crippen LogP contribution in [0.25, 0.3) is 0 Å². The van der Waals surface area contributed by atoms with Gasteiger partial charge in [-0.3, -0.25) is 19.7 Å². The molecule has 2 N–H and O–H groups in total. The Hall–Kier alpha value is -2.44. The Labute approximate surface area is 121 Å². The van der Waals surface area contributed by atoms with E-state index in [2.05, 4.69) is 5.32 Å². The second-order valence-electron chi connectivity index (χ2n) is 5.22. The molecule has 2 rings (SSSR count). The Morgan fingerprint density at radius 3 is 2.67 bits per heavy atom. The van der Waals surface area contributed by atoms with Gasteiger partial charge in [0.25, 0.3) is 11.6 Å². The summed E-state index contributed by atoms with van der Waals surface area (Å²) in [5.41, 5.74) is 0.369. The van der Waals surface area contributed by atoms with Crippen LogP contribution in [0, 0.1) is 23.0 Å². The van der Waals surface area contributed by atoms with E-state index in [0.717, 1.165) is 12.8 Å². The predicted octanol–water partition coefficient (Wildman–Crippen LogP) is 1.89. The molecular weight excluding hydrogens is 276 g/mol. The molecule has 1 aliphatic carbocycles. The molecule has 1 unspecified atom stereocenters. The third kappa shape index (κ3) is 3.56. The molecule has 7 nitrogen and oxygen atoms in total. The molecule has 0 radical (unpaired) electrons. The minimum absolute atomic E-state index is 0.121. The molecule has 0 aromatic heterocycles. The summed E-state index contributed by atoms with van der Waals surface area (Å²) in [6, 6.07) is 3.86. The second-order valence-corrected chi connectivity index (χ2v) is 5.22. The molecule has 1 amide bonds. The zero-order valence-corrected chi connectivity index (χ0v) is 11.5. The number of nitrogens with zero attached hydrogens (tertiary/aromatic N) is 1. The lowest BCUT2D eigenvalue weighted by Crippen LogP contribution is -2.38. The molecule has 0 bridgehead atoms. The first-order chi connectivity index (χ1) is 9.90. The largest absolute Gasteiger partial charge is 0.481 e. The second kappa shape index (κ2) is 5.90. The van der Waals surface area contributed by atoms with Crippen LogP contribution in [0.3, 0.4) is 0 Å². The molecule has 0 aliphatic heterocycles. The topological polar surface area (TPSA) is 110 Å². The summed E-state index contributed by atoms with van der Waals surface area (Å²) in [5.74, 6) is -1.25. The van der Waals surface area contributed by atoms with E-state index in [1.807, 2.05) is 0 Å². The van der Waals surface area contributed by atoms with Crippen molar-refractivity contribution in [3.63, 3.8) is 0 Å². The van der Waals surface area contributed by atoms with Crippen molar-refractivity contribution in [3.8, 4) is 0 Å². The van der Waals surface area contributed by atoms with Crippen LogP contribution < -0.4 is 5.32 Å². The highest BCUT2D eigenvalue weighted by atomic mass is 16.6. The summed E-state index contributed by atoms with van der Waals surface area (Å²) in [7, 11) is 0. The Morgan fingerprint density at radius 1 is 1.48 bits per heavy atom. The van der Waals surface area contributed by atoms with Crippen LogP contribution >= 0.6 is 0 Å². The number of benzene rings is 1. The normalized spacial score (nSPS) is 15.3. The predicted molar refractivity (Wildman–Crippen MR) is 74.1 cm³/mol. The quantitative estimate of drug-likeness (QED) is 0.614. The SMILES string of the molecule is Cc1c(C(=O)NC(CC(=O)O)C2CC2)cccc1[N+](=O)[O-]. The van der Waals surface area contributed by atoms with Gasteiger partial charge < -0.3 is 10.4 Å². The van der Waals surface area contributed by atoms with Gasteiger partial charge in [-0.05, 0) is 31.7 Å². The zero-order valence-electron chi connectivity index (χ0n) is 11.5. The van der Waals surface area contributed by atoms with Crippen molar-refractivity contribution in [2.75, 3.05) is 0 Å². The van der Waals surface area contributed by atoms with Crippen LogP contribution in [-0.2, 0) is 4.79 Å². The highest BCUT2D eigenvalue weighted by Gasteiger charge is 2.34. The lowest BCUT2D eigenvalue weighted by atomic mass is 10.0. The van der Waals surface area contributed by atoms with E-state index in [4.69, 9.17) is 5.11 Å². The molecule has 1 aromatic rings. The van der Waals surface area contributed by atoms with E-state index in [0.29, 0.717) is 0 Å². The van der Waals surface area contributed by atoms with Crippen LogP contribution in [0.1, 0.15) is 35.2 Å². The molecule has 1 atom stereocenters. The van der Waals surface area contributed by atoms with Gasteiger partial charge in [-0.1, -0.05) is 6.07 Å². The molecule has 1 saturated carbocycles. The highest BCUT2D eigenvalue weighted by molar-refractivity contribution is 5.97. The first kappa shape index (κ1) is 15.0. The average molecular weight is 292 g/mol. The maximum absolute atomic E-state index is 12.2. The summed E-state index contributed by atoms with van der Waals surface area (Å²) < 4.78 is 0. The lowest BCUT2D eigenvalue weighted by molar-refractivity contribution is -0.385. The van der Waals surface area contributed by atoms with Crippen LogP contribution in [0.4, 0.5) is 5.69 Å². The zero-order chi connectivity index (χ0) is 15.6. The number of nitrogens with one attached hydrogen (secondary N) is 1. The van der Waals surface area contributed by atoms with E-state index in [1.165, 1.54) is 25.1 Å². The summed E-state index contributed by atoms with van der Waals surface area (Å²) in [6.45, 7) is 1.51. The van der Waals surface area contributed by atoms with Gasteiger partial charge in [0.2, 0.25) is 0 Å². The Morgan fingerprint density at radius 2 is 2.14 bits per heavy atom. The van der Waals surface area contributed by atoms with Gasteiger partial charge >= 0.3 is 5.97 Å². The number of hydrogen-bond donors (Lipinski definition) is 2. The summed E-state index contributed by atoms with van der Waals surface area (Å²) >= 11 is 0. The molecular formula is C14H16N2O5. The fraction of sp³-hybridized carbons (Fsp3) is 0.429. The third-order valence-corrected chi connectivity index (χ3v) is 3.65. The van der Waals surface area contributed by atoms with Gasteiger partial charge in [0.15, 0.2) is 0 Å². The molecule has 0 saturated heterocycles. The maximum Gasteiger partial charge on any atom is 0.305 e. The lowest BCUT2D eigenvalue weighted by Gasteiger charge is -2.17. The Balaban J connectivity index is 2.17. The van der Waals surface area contributed by atoms with Gasteiger partial charge in [-0.15, -0.1) is 0 Å². The number of nitro groups is 1. The minimum atomic E-state index is -0.969. The molecule has 1 aliphatic rings. The number of amides is 1. The number of rotatable bonds is 6. The standard InChI is InChI=1S/C14H16N2O5/c1-8-10(3-2-4-12(8)16(20)21)14(19)15-11(7-13(17)18)9-5-6-9/h2-4,9,11H,5-7H2,1H3,(H,15,19)(H,17,18). The van der Waals surface area contributed by atoms with Crippen LogP contribution in [0.2, 0.25) is 0 Å². The molecule has 21 heavy (non-hydrogen) atoms. The monoisotopic (exact) mass is 292 g/mol. The van der Waals surface area contributed by atoms with Crippen molar-refractivity contribution >= 4 is 17.6 Å². The van der Waals surface area contributed by atoms with E-state index in [9.17, 15) is 19.7 Å². The number of hydrogen-bond acceptors (Lipinski definition) is 4. The van der Waals surface area contributed by atoms with Crippen LogP contribution in [-0.4, -0.2) is 27.9 Å². The van der Waals surface area contributed by atoms with Gasteiger partial charge in [-0.2, -0.15) is 0 Å². The highest BCUT2D eigenvalue weighted by Crippen LogP contribution is 2.34. The van der Waals surface area contributed by atoms with Crippen molar-refractivity contribution in [1.82, 2.24) is 5.32 Å². The number of carbonyl (C=O) groups excluding carboxylic acids is 1. The van der Waals surface area contributed by atoms with Crippen molar-refractivity contribution in [2.24, 2.45) is 5.92 Å².